The molecule has 0 saturated carbocycles. The topological polar surface area (TPSA) is 16.1 Å². The molecule has 0 atom stereocenters. The highest BCUT2D eigenvalue weighted by molar-refractivity contribution is 6.67. The van der Waals surface area contributed by atoms with Crippen LogP contribution in [0.4, 0.5) is 5.69 Å². The van der Waals surface area contributed by atoms with Gasteiger partial charge in [-0.05, 0) is 19.3 Å². The number of hydrogen-bond donors (Lipinski definition) is 0. The molecule has 1 aliphatic rings. The van der Waals surface area contributed by atoms with Gasteiger partial charge in [-0.1, -0.05) is 69.6 Å². The first kappa shape index (κ1) is 16.1. The summed E-state index contributed by atoms with van der Waals surface area (Å²) in [5.41, 5.74) is 0.707. The largest absolute Gasteiger partial charge is 0.369 e. The fraction of sp³-hybridized carbons (Fsp3) is 0.545. The molecule has 106 valence electrons. The van der Waals surface area contributed by atoms with Crippen LogP contribution in [0.1, 0.15) is 25.0 Å². The SMILES string of the molecule is Clc1nc(C(Cl)(Cl)Cl)c(Cl)c(N2CCCCC2)c1Cl. The summed E-state index contributed by atoms with van der Waals surface area (Å²) < 4.78 is -1.74. The van der Waals surface area contributed by atoms with Crippen LogP contribution in [0, 0.1) is 0 Å². The van der Waals surface area contributed by atoms with E-state index in [1.165, 1.54) is 6.42 Å². The third-order valence-corrected chi connectivity index (χ3v) is 4.58. The van der Waals surface area contributed by atoms with E-state index in [-0.39, 0.29) is 15.9 Å². The fourth-order valence-electron chi connectivity index (χ4n) is 2.09. The Morgan fingerprint density at radius 2 is 1.47 bits per heavy atom. The molecule has 8 heteroatoms. The second-order valence-corrected chi connectivity index (χ2v) is 7.67. The summed E-state index contributed by atoms with van der Waals surface area (Å²) in [7, 11) is 0. The van der Waals surface area contributed by atoms with Gasteiger partial charge in [0.15, 0.2) is 0 Å². The van der Waals surface area contributed by atoms with Crippen molar-refractivity contribution >= 4 is 75.3 Å². The molecule has 2 nitrogen and oxygen atoms in total. The van der Waals surface area contributed by atoms with E-state index in [4.69, 9.17) is 69.6 Å². The highest BCUT2D eigenvalue weighted by atomic mass is 35.6. The van der Waals surface area contributed by atoms with Crippen LogP contribution in [0.2, 0.25) is 15.2 Å². The lowest BCUT2D eigenvalue weighted by Crippen LogP contribution is -2.30. The molecule has 19 heavy (non-hydrogen) atoms. The number of hydrogen-bond acceptors (Lipinski definition) is 2. The molecular weight excluding hydrogens is 373 g/mol. The van der Waals surface area contributed by atoms with Gasteiger partial charge in [0.2, 0.25) is 3.79 Å². The Hall–Kier alpha value is 0.690. The minimum Gasteiger partial charge on any atom is -0.369 e. The normalized spacial score (nSPS) is 16.8. The van der Waals surface area contributed by atoms with Gasteiger partial charge in [0.25, 0.3) is 0 Å². The lowest BCUT2D eigenvalue weighted by atomic mass is 10.1. The molecule has 0 radical (unpaired) electrons. The van der Waals surface area contributed by atoms with E-state index in [0.29, 0.717) is 10.7 Å². The van der Waals surface area contributed by atoms with Gasteiger partial charge in [0.1, 0.15) is 15.9 Å². The van der Waals surface area contributed by atoms with Gasteiger partial charge in [0, 0.05) is 13.1 Å². The maximum Gasteiger partial charge on any atom is 0.234 e. The first-order valence-electron chi connectivity index (χ1n) is 5.69. The number of pyridine rings is 1. The van der Waals surface area contributed by atoms with Crippen molar-refractivity contribution in [1.82, 2.24) is 4.98 Å². The van der Waals surface area contributed by atoms with Crippen molar-refractivity contribution < 1.29 is 0 Å². The fourth-order valence-corrected chi connectivity index (χ4v) is 3.52. The van der Waals surface area contributed by atoms with Crippen LogP contribution in [0.25, 0.3) is 0 Å². The highest BCUT2D eigenvalue weighted by Gasteiger charge is 2.33. The van der Waals surface area contributed by atoms with Gasteiger partial charge in [0.05, 0.1) is 10.7 Å². The molecule has 0 spiro atoms. The van der Waals surface area contributed by atoms with Crippen LogP contribution in [-0.4, -0.2) is 18.1 Å². The van der Waals surface area contributed by atoms with Crippen molar-refractivity contribution in [1.29, 1.82) is 0 Å². The number of alkyl halides is 3. The van der Waals surface area contributed by atoms with Crippen LogP contribution in [-0.2, 0) is 3.79 Å². The molecule has 1 aliphatic heterocycles. The van der Waals surface area contributed by atoms with Crippen LogP contribution in [0.5, 0.6) is 0 Å². The van der Waals surface area contributed by atoms with Gasteiger partial charge < -0.3 is 4.90 Å². The molecule has 1 fully saturated rings. The zero-order valence-corrected chi connectivity index (χ0v) is 14.2. The van der Waals surface area contributed by atoms with E-state index in [9.17, 15) is 0 Å². The molecule has 0 aromatic carbocycles. The average Bonchev–Trinajstić information content (AvgIpc) is 2.34. The molecule has 2 rings (SSSR count). The Bertz CT molecular complexity index is 479. The predicted molar refractivity (Wildman–Crippen MR) is 84.6 cm³/mol. The van der Waals surface area contributed by atoms with Gasteiger partial charge in [-0.15, -0.1) is 0 Å². The molecule has 1 saturated heterocycles. The van der Waals surface area contributed by atoms with Crippen molar-refractivity contribution in [3.8, 4) is 0 Å². The van der Waals surface area contributed by atoms with Crippen molar-refractivity contribution in [3.63, 3.8) is 0 Å². The van der Waals surface area contributed by atoms with Gasteiger partial charge >= 0.3 is 0 Å². The molecular formula is C11H10Cl6N2. The van der Waals surface area contributed by atoms with E-state index >= 15 is 0 Å². The zero-order valence-electron chi connectivity index (χ0n) is 9.70. The van der Waals surface area contributed by atoms with Crippen LogP contribution in [0.3, 0.4) is 0 Å². The summed E-state index contributed by atoms with van der Waals surface area (Å²) >= 11 is 36.1. The third kappa shape index (κ3) is 3.48. The number of aromatic nitrogens is 1. The number of halogens is 6. The summed E-state index contributed by atoms with van der Waals surface area (Å²) in [6.07, 6.45) is 3.31. The number of anilines is 1. The Morgan fingerprint density at radius 1 is 0.895 bits per heavy atom. The smallest absolute Gasteiger partial charge is 0.234 e. The minimum atomic E-state index is -1.74. The van der Waals surface area contributed by atoms with E-state index < -0.39 is 3.79 Å². The maximum absolute atomic E-state index is 6.30. The Kier molecular flexibility index (Phi) is 5.25. The Balaban J connectivity index is 2.55. The van der Waals surface area contributed by atoms with Gasteiger partial charge in [-0.2, -0.15) is 0 Å². The average molecular weight is 383 g/mol. The van der Waals surface area contributed by atoms with Crippen molar-refractivity contribution in [2.45, 2.75) is 23.1 Å². The van der Waals surface area contributed by atoms with Crippen LogP contribution < -0.4 is 4.90 Å². The molecule has 0 amide bonds. The van der Waals surface area contributed by atoms with Crippen LogP contribution in [0.15, 0.2) is 0 Å². The van der Waals surface area contributed by atoms with Crippen LogP contribution >= 0.6 is 69.6 Å². The highest BCUT2D eigenvalue weighted by Crippen LogP contribution is 2.48. The quantitative estimate of drug-likeness (QED) is 0.446. The summed E-state index contributed by atoms with van der Waals surface area (Å²) in [5.74, 6) is 0. The maximum atomic E-state index is 6.30. The lowest BCUT2D eigenvalue weighted by Gasteiger charge is -2.31. The molecule has 1 aromatic heterocycles. The van der Waals surface area contributed by atoms with Crippen molar-refractivity contribution in [3.05, 3.63) is 20.9 Å². The molecule has 0 unspecified atom stereocenters. The number of rotatable bonds is 1. The lowest BCUT2D eigenvalue weighted by molar-refractivity contribution is 0.577. The van der Waals surface area contributed by atoms with Crippen molar-refractivity contribution in [2.24, 2.45) is 0 Å². The molecule has 0 N–H and O–H groups in total. The predicted octanol–water partition coefficient (Wildman–Crippen LogP) is 5.86. The number of nitrogens with zero attached hydrogens (tertiary/aromatic N) is 2. The van der Waals surface area contributed by atoms with Gasteiger partial charge in [-0.25, -0.2) is 4.98 Å². The monoisotopic (exact) mass is 380 g/mol. The minimum absolute atomic E-state index is 0.0907. The molecule has 0 aliphatic carbocycles. The van der Waals surface area contributed by atoms with Gasteiger partial charge in [-0.3, -0.25) is 0 Å². The second kappa shape index (κ2) is 6.21. The zero-order chi connectivity index (χ0) is 14.2. The van der Waals surface area contributed by atoms with Crippen molar-refractivity contribution in [2.75, 3.05) is 18.0 Å². The second-order valence-electron chi connectivity index (χ2n) is 4.27. The Morgan fingerprint density at radius 3 is 2.00 bits per heavy atom. The summed E-state index contributed by atoms with van der Waals surface area (Å²) in [6.45, 7) is 1.69. The summed E-state index contributed by atoms with van der Waals surface area (Å²) in [4.78, 5) is 6.04. The van der Waals surface area contributed by atoms with E-state index in [0.717, 1.165) is 25.9 Å². The molecule has 2 heterocycles. The van der Waals surface area contributed by atoms with E-state index in [1.54, 1.807) is 0 Å². The third-order valence-electron chi connectivity index (χ3n) is 2.96. The number of piperidine rings is 1. The standard InChI is InChI=1S/C11H10Cl6N2/c12-6-8(19-4-2-1-3-5-19)7(13)10(14)18-9(6)11(15,16)17/h1-5H2. The first-order valence-corrected chi connectivity index (χ1v) is 7.95. The summed E-state index contributed by atoms with van der Waals surface area (Å²) in [6, 6.07) is 0. The first-order chi connectivity index (χ1) is 8.82. The summed E-state index contributed by atoms with van der Waals surface area (Å²) in [5, 5.41) is 0.635. The van der Waals surface area contributed by atoms with E-state index in [1.807, 2.05) is 0 Å². The molecule has 1 aromatic rings. The molecule has 0 bridgehead atoms. The van der Waals surface area contributed by atoms with E-state index in [2.05, 4.69) is 9.88 Å². The Labute approximate surface area is 141 Å².